The first-order valence-electron chi connectivity index (χ1n) is 8.15. The molecule has 1 N–H and O–H groups in total. The number of sulfonamides is 1. The highest BCUT2D eigenvalue weighted by molar-refractivity contribution is 7.92. The van der Waals surface area contributed by atoms with Gasteiger partial charge in [-0.25, -0.2) is 8.42 Å². The molecule has 1 rings (SSSR count). The summed E-state index contributed by atoms with van der Waals surface area (Å²) >= 11 is 0. The van der Waals surface area contributed by atoms with Crippen LogP contribution >= 0.6 is 0 Å². The Labute approximate surface area is 145 Å². The van der Waals surface area contributed by atoms with E-state index in [0.29, 0.717) is 18.7 Å². The van der Waals surface area contributed by atoms with Crippen molar-refractivity contribution in [1.82, 2.24) is 10.2 Å². The van der Waals surface area contributed by atoms with Crippen molar-refractivity contribution in [1.29, 1.82) is 0 Å². The standard InChI is InChI=1S/C17H29N3O3S/c1-6-16(17(21)18-12-7-13-19(3)4)20(24(5,22)23)15-10-8-14(2)9-11-15/h8-11,16H,6-7,12-13H2,1-5H3,(H,18,21)/t16-/m1/s1. The van der Waals surface area contributed by atoms with Gasteiger partial charge in [0.25, 0.3) is 0 Å². The van der Waals surface area contributed by atoms with Gasteiger partial charge >= 0.3 is 0 Å². The summed E-state index contributed by atoms with van der Waals surface area (Å²) in [4.78, 5) is 14.6. The van der Waals surface area contributed by atoms with Crippen LogP contribution in [-0.4, -0.2) is 58.7 Å². The minimum Gasteiger partial charge on any atom is -0.354 e. The number of nitrogens with one attached hydrogen (secondary N) is 1. The summed E-state index contributed by atoms with van der Waals surface area (Å²) in [7, 11) is 0.376. The highest BCUT2D eigenvalue weighted by Crippen LogP contribution is 2.22. The van der Waals surface area contributed by atoms with E-state index in [1.807, 2.05) is 45.0 Å². The molecule has 0 bridgehead atoms. The number of carbonyl (C=O) groups is 1. The zero-order valence-electron chi connectivity index (χ0n) is 15.2. The Morgan fingerprint density at radius 3 is 2.25 bits per heavy atom. The van der Waals surface area contributed by atoms with Gasteiger partial charge in [-0.05, 0) is 52.5 Å². The van der Waals surface area contributed by atoms with Crippen LogP contribution in [0.1, 0.15) is 25.3 Å². The summed E-state index contributed by atoms with van der Waals surface area (Å²) in [6.45, 7) is 5.14. The topological polar surface area (TPSA) is 69.7 Å². The van der Waals surface area contributed by atoms with Crippen molar-refractivity contribution in [2.75, 3.05) is 37.7 Å². The Balaban J connectivity index is 2.93. The lowest BCUT2D eigenvalue weighted by molar-refractivity contribution is -0.122. The van der Waals surface area contributed by atoms with Gasteiger partial charge in [-0.1, -0.05) is 24.6 Å². The Morgan fingerprint density at radius 1 is 1.21 bits per heavy atom. The molecule has 0 spiro atoms. The van der Waals surface area contributed by atoms with Crippen LogP contribution in [0.2, 0.25) is 0 Å². The Hall–Kier alpha value is -1.60. The largest absolute Gasteiger partial charge is 0.354 e. The van der Waals surface area contributed by atoms with Crippen molar-refractivity contribution < 1.29 is 13.2 Å². The first-order chi connectivity index (χ1) is 11.2. The number of benzene rings is 1. The number of anilines is 1. The van der Waals surface area contributed by atoms with Crippen LogP contribution in [-0.2, 0) is 14.8 Å². The molecule has 7 heteroatoms. The third-order valence-corrected chi connectivity index (χ3v) is 4.88. The molecule has 1 aromatic carbocycles. The number of carbonyl (C=O) groups excluding carboxylic acids is 1. The summed E-state index contributed by atoms with van der Waals surface area (Å²) < 4.78 is 25.8. The van der Waals surface area contributed by atoms with Gasteiger partial charge in [0, 0.05) is 6.54 Å². The molecule has 24 heavy (non-hydrogen) atoms. The molecule has 1 amide bonds. The Morgan fingerprint density at radius 2 is 1.79 bits per heavy atom. The fourth-order valence-electron chi connectivity index (χ4n) is 2.48. The molecule has 0 saturated carbocycles. The van der Waals surface area contributed by atoms with E-state index in [1.165, 1.54) is 4.31 Å². The Kier molecular flexibility index (Phi) is 7.69. The van der Waals surface area contributed by atoms with Gasteiger partial charge in [0.1, 0.15) is 6.04 Å². The molecule has 0 radical (unpaired) electrons. The molecule has 136 valence electrons. The van der Waals surface area contributed by atoms with Gasteiger partial charge in [0.15, 0.2) is 0 Å². The highest BCUT2D eigenvalue weighted by atomic mass is 32.2. The summed E-state index contributed by atoms with van der Waals surface area (Å²) in [5.41, 5.74) is 1.55. The third-order valence-electron chi connectivity index (χ3n) is 3.70. The van der Waals surface area contributed by atoms with Gasteiger partial charge in [0.2, 0.25) is 15.9 Å². The molecule has 1 aromatic rings. The number of rotatable bonds is 9. The zero-order valence-corrected chi connectivity index (χ0v) is 16.1. The van der Waals surface area contributed by atoms with Crippen LogP contribution in [0.3, 0.4) is 0 Å². The summed E-state index contributed by atoms with van der Waals surface area (Å²) in [5, 5.41) is 2.85. The van der Waals surface area contributed by atoms with E-state index < -0.39 is 16.1 Å². The van der Waals surface area contributed by atoms with E-state index in [1.54, 1.807) is 12.1 Å². The average molecular weight is 356 g/mol. The molecular weight excluding hydrogens is 326 g/mol. The predicted molar refractivity (Wildman–Crippen MR) is 98.8 cm³/mol. The summed E-state index contributed by atoms with van der Waals surface area (Å²) in [6.07, 6.45) is 2.36. The van der Waals surface area contributed by atoms with Crippen LogP contribution in [0.15, 0.2) is 24.3 Å². The maximum absolute atomic E-state index is 12.5. The fraction of sp³-hybridized carbons (Fsp3) is 0.588. The maximum Gasteiger partial charge on any atom is 0.243 e. The molecule has 1 atom stereocenters. The SMILES string of the molecule is CC[C@H](C(=O)NCCCN(C)C)N(c1ccc(C)cc1)S(C)(=O)=O. The van der Waals surface area contributed by atoms with Crippen LogP contribution in [0.5, 0.6) is 0 Å². The molecule has 6 nitrogen and oxygen atoms in total. The lowest BCUT2D eigenvalue weighted by Gasteiger charge is -2.30. The second-order valence-corrected chi connectivity index (χ2v) is 8.13. The van der Waals surface area contributed by atoms with Crippen molar-refractivity contribution >= 4 is 21.6 Å². The van der Waals surface area contributed by atoms with Crippen LogP contribution in [0.4, 0.5) is 5.69 Å². The van der Waals surface area contributed by atoms with E-state index in [4.69, 9.17) is 0 Å². The molecule has 0 aliphatic rings. The molecule has 0 unspecified atom stereocenters. The third kappa shape index (κ3) is 6.13. The molecule has 0 heterocycles. The van der Waals surface area contributed by atoms with E-state index in [0.717, 1.165) is 24.8 Å². The first-order valence-corrected chi connectivity index (χ1v) is 10.00. The molecule has 0 saturated heterocycles. The molecule has 0 aromatic heterocycles. The van der Waals surface area contributed by atoms with E-state index in [-0.39, 0.29) is 5.91 Å². The number of hydrogen-bond acceptors (Lipinski definition) is 4. The van der Waals surface area contributed by atoms with Crippen molar-refractivity contribution in [2.24, 2.45) is 0 Å². The molecule has 0 aliphatic carbocycles. The minimum atomic E-state index is -3.57. The fourth-order valence-corrected chi connectivity index (χ4v) is 3.69. The summed E-state index contributed by atoms with van der Waals surface area (Å²) in [6, 6.07) is 6.41. The van der Waals surface area contributed by atoms with E-state index in [2.05, 4.69) is 5.32 Å². The van der Waals surface area contributed by atoms with Gasteiger partial charge in [-0.2, -0.15) is 0 Å². The first kappa shape index (κ1) is 20.4. The van der Waals surface area contributed by atoms with Crippen LogP contribution in [0.25, 0.3) is 0 Å². The average Bonchev–Trinajstić information content (AvgIpc) is 2.48. The van der Waals surface area contributed by atoms with Crippen molar-refractivity contribution in [2.45, 2.75) is 32.7 Å². The van der Waals surface area contributed by atoms with Gasteiger partial charge in [-0.15, -0.1) is 0 Å². The van der Waals surface area contributed by atoms with Crippen LogP contribution < -0.4 is 9.62 Å². The summed E-state index contributed by atoms with van der Waals surface area (Å²) in [5.74, 6) is -0.262. The monoisotopic (exact) mass is 355 g/mol. The highest BCUT2D eigenvalue weighted by Gasteiger charge is 2.31. The van der Waals surface area contributed by atoms with Crippen molar-refractivity contribution in [3.8, 4) is 0 Å². The van der Waals surface area contributed by atoms with Crippen molar-refractivity contribution in [3.63, 3.8) is 0 Å². The van der Waals surface area contributed by atoms with Gasteiger partial charge in [-0.3, -0.25) is 9.10 Å². The van der Waals surface area contributed by atoms with E-state index in [9.17, 15) is 13.2 Å². The lowest BCUT2D eigenvalue weighted by Crippen LogP contribution is -2.49. The quantitative estimate of drug-likeness (QED) is 0.683. The number of nitrogens with zero attached hydrogens (tertiary/aromatic N) is 2. The zero-order chi connectivity index (χ0) is 18.3. The van der Waals surface area contributed by atoms with Crippen molar-refractivity contribution in [3.05, 3.63) is 29.8 Å². The normalized spacial score (nSPS) is 12.9. The van der Waals surface area contributed by atoms with Gasteiger partial charge < -0.3 is 10.2 Å². The Bertz CT molecular complexity index is 627. The minimum absolute atomic E-state index is 0.262. The van der Waals surface area contributed by atoms with Crippen LogP contribution in [0, 0.1) is 6.92 Å². The predicted octanol–water partition coefficient (Wildman–Crippen LogP) is 1.61. The number of hydrogen-bond donors (Lipinski definition) is 1. The molecular formula is C17H29N3O3S. The molecule has 0 aliphatic heterocycles. The second kappa shape index (κ2) is 9.03. The lowest BCUT2D eigenvalue weighted by atomic mass is 10.1. The number of amides is 1. The number of aryl methyl sites for hydroxylation is 1. The second-order valence-electron chi connectivity index (χ2n) is 6.27. The molecule has 0 fully saturated rings. The smallest absolute Gasteiger partial charge is 0.243 e. The van der Waals surface area contributed by atoms with Gasteiger partial charge in [0.05, 0.1) is 11.9 Å². The maximum atomic E-state index is 12.5. The van der Waals surface area contributed by atoms with E-state index >= 15 is 0 Å².